The highest BCUT2D eigenvalue weighted by Crippen LogP contribution is 2.13. The van der Waals surface area contributed by atoms with E-state index >= 15 is 0 Å². The van der Waals surface area contributed by atoms with Crippen LogP contribution in [0.4, 0.5) is 0 Å². The van der Waals surface area contributed by atoms with Crippen molar-refractivity contribution in [1.82, 2.24) is 16.0 Å². The van der Waals surface area contributed by atoms with Crippen LogP contribution in [0.1, 0.15) is 19.8 Å². The van der Waals surface area contributed by atoms with Gasteiger partial charge in [-0.2, -0.15) is 11.8 Å². The van der Waals surface area contributed by atoms with Crippen LogP contribution in [0, 0.1) is 5.92 Å². The molecule has 184 valence electrons. The molecule has 6 atom stereocenters. The molecule has 32 heavy (non-hydrogen) atoms. The lowest BCUT2D eigenvalue weighted by Crippen LogP contribution is -2.49. The lowest BCUT2D eigenvalue weighted by molar-refractivity contribution is -0.157. The van der Waals surface area contributed by atoms with Crippen molar-refractivity contribution in [2.24, 2.45) is 5.92 Å². The summed E-state index contributed by atoms with van der Waals surface area (Å²) in [5, 5.41) is 53.5. The highest BCUT2D eigenvalue weighted by atomic mass is 32.2. The summed E-state index contributed by atoms with van der Waals surface area (Å²) in [5.41, 5.74) is 0. The van der Waals surface area contributed by atoms with Crippen molar-refractivity contribution in [2.45, 2.75) is 50.2 Å². The maximum absolute atomic E-state index is 12.6. The number of aliphatic hydroxyl groups excluding tert-OH is 3. The van der Waals surface area contributed by atoms with E-state index < -0.39 is 78.8 Å². The molecule has 0 aromatic heterocycles. The van der Waals surface area contributed by atoms with E-state index in [0.717, 1.165) is 0 Å². The van der Waals surface area contributed by atoms with E-state index in [2.05, 4.69) is 16.0 Å². The molecule has 0 fully saturated rings. The van der Waals surface area contributed by atoms with Gasteiger partial charge in [0.2, 0.25) is 11.8 Å². The van der Waals surface area contributed by atoms with Gasteiger partial charge in [-0.15, -0.1) is 0 Å². The SMILES string of the molecule is CN[C@@H](C)C(=O)C[C@@H](CC(=O)NC[C@H](O)[C@@H](O)[C@@H](O)C(=O)O)C(=O)N[C@@H](CSC)C(=O)O. The largest absolute Gasteiger partial charge is 0.480 e. The van der Waals surface area contributed by atoms with Crippen LogP contribution in [0.15, 0.2) is 0 Å². The third-order valence-electron chi connectivity index (χ3n) is 4.59. The molecule has 0 aliphatic carbocycles. The van der Waals surface area contributed by atoms with Crippen molar-refractivity contribution in [3.05, 3.63) is 0 Å². The fourth-order valence-corrected chi connectivity index (χ4v) is 3.02. The summed E-state index contributed by atoms with van der Waals surface area (Å²) >= 11 is 1.18. The van der Waals surface area contributed by atoms with Crippen LogP contribution in [-0.2, 0) is 24.0 Å². The fraction of sp³-hybridized carbons (Fsp3) is 0.722. The van der Waals surface area contributed by atoms with Gasteiger partial charge in [-0.25, -0.2) is 9.59 Å². The van der Waals surface area contributed by atoms with Gasteiger partial charge in [0, 0.05) is 25.1 Å². The third kappa shape index (κ3) is 10.4. The molecule has 0 unspecified atom stereocenters. The van der Waals surface area contributed by atoms with Crippen molar-refractivity contribution >= 4 is 41.3 Å². The molecule has 0 aliphatic heterocycles. The van der Waals surface area contributed by atoms with E-state index in [4.69, 9.17) is 5.11 Å². The molecule has 0 saturated carbocycles. The minimum atomic E-state index is -2.27. The molecular formula is C18H31N3O10S. The molecule has 0 bridgehead atoms. The van der Waals surface area contributed by atoms with Crippen molar-refractivity contribution in [3.8, 4) is 0 Å². The number of thioether (sulfide) groups is 1. The van der Waals surface area contributed by atoms with Crippen LogP contribution >= 0.6 is 11.8 Å². The lowest BCUT2D eigenvalue weighted by atomic mass is 9.94. The topological polar surface area (TPSA) is 223 Å². The van der Waals surface area contributed by atoms with Crippen LogP contribution in [0.3, 0.4) is 0 Å². The first-order valence-electron chi connectivity index (χ1n) is 9.61. The van der Waals surface area contributed by atoms with Gasteiger partial charge >= 0.3 is 11.9 Å². The average Bonchev–Trinajstić information content (AvgIpc) is 2.74. The van der Waals surface area contributed by atoms with E-state index in [9.17, 15) is 44.4 Å². The Kier molecular flexibility index (Phi) is 13.7. The Morgan fingerprint density at radius 3 is 2.03 bits per heavy atom. The van der Waals surface area contributed by atoms with E-state index in [1.165, 1.54) is 18.8 Å². The molecule has 13 nitrogen and oxygen atoms in total. The standard InChI is InChI=1S/C18H31N3O10S/c1-8(19-2)11(22)4-9(16(27)21-10(7-32-3)17(28)29)5-13(24)20-6-12(23)14(25)15(26)18(30)31/h8-10,12,14-15,19,23,25-26H,4-7H2,1-3H3,(H,20,24)(H,21,27)(H,28,29)(H,30,31)/t8-,9-,10-,12-,14+,15+/m0/s1. The number of nitrogens with one attached hydrogen (secondary N) is 3. The second-order valence-corrected chi connectivity index (χ2v) is 7.99. The number of aliphatic carboxylic acids is 2. The molecule has 0 aliphatic rings. The molecule has 14 heteroatoms. The number of carbonyl (C=O) groups is 5. The lowest BCUT2D eigenvalue weighted by Gasteiger charge is -2.22. The summed E-state index contributed by atoms with van der Waals surface area (Å²) < 4.78 is 0. The summed E-state index contributed by atoms with van der Waals surface area (Å²) in [7, 11) is 1.53. The van der Waals surface area contributed by atoms with Crippen LogP contribution in [0.2, 0.25) is 0 Å². The Balaban J connectivity index is 5.20. The minimum Gasteiger partial charge on any atom is -0.480 e. The molecule has 0 rings (SSSR count). The van der Waals surface area contributed by atoms with Gasteiger partial charge in [0.15, 0.2) is 6.10 Å². The maximum Gasteiger partial charge on any atom is 0.335 e. The summed E-state index contributed by atoms with van der Waals surface area (Å²) in [5.74, 6) is -6.22. The zero-order valence-corrected chi connectivity index (χ0v) is 18.8. The highest BCUT2D eigenvalue weighted by Gasteiger charge is 2.32. The molecule has 0 aromatic rings. The summed E-state index contributed by atoms with van der Waals surface area (Å²) in [6.45, 7) is 0.917. The fourth-order valence-electron chi connectivity index (χ4n) is 2.46. The number of hydrogen-bond acceptors (Lipinski definition) is 10. The Hall–Kier alpha value is -2.26. The van der Waals surface area contributed by atoms with E-state index in [0.29, 0.717) is 0 Å². The Labute approximate surface area is 188 Å². The zero-order valence-electron chi connectivity index (χ0n) is 18.0. The van der Waals surface area contributed by atoms with Gasteiger partial charge in [-0.05, 0) is 20.2 Å². The molecule has 0 heterocycles. The number of carboxylic acid groups (broad SMARTS) is 2. The Bertz CT molecular complexity index is 677. The predicted octanol–water partition coefficient (Wildman–Crippen LogP) is -3.22. The first kappa shape index (κ1) is 29.7. The second kappa shape index (κ2) is 14.7. The number of ketones is 1. The summed E-state index contributed by atoms with van der Waals surface area (Å²) in [4.78, 5) is 59.0. The molecule has 0 radical (unpaired) electrons. The van der Waals surface area contributed by atoms with Crippen LogP contribution < -0.4 is 16.0 Å². The van der Waals surface area contributed by atoms with E-state index in [1.807, 2.05) is 0 Å². The molecule has 0 aromatic carbocycles. The van der Waals surface area contributed by atoms with Gasteiger partial charge < -0.3 is 41.5 Å². The first-order valence-corrected chi connectivity index (χ1v) is 11.0. The van der Waals surface area contributed by atoms with Crippen molar-refractivity contribution in [2.75, 3.05) is 25.6 Å². The smallest absolute Gasteiger partial charge is 0.335 e. The molecular weight excluding hydrogens is 450 g/mol. The molecule has 0 saturated heterocycles. The number of hydrogen-bond donors (Lipinski definition) is 8. The highest BCUT2D eigenvalue weighted by molar-refractivity contribution is 7.98. The molecule has 2 amide bonds. The quantitative estimate of drug-likeness (QED) is 0.109. The van der Waals surface area contributed by atoms with E-state index in [1.54, 1.807) is 13.2 Å². The van der Waals surface area contributed by atoms with Crippen molar-refractivity contribution < 1.29 is 49.5 Å². The number of likely N-dealkylation sites (N-methyl/N-ethyl adjacent to an activating group) is 1. The average molecular weight is 482 g/mol. The minimum absolute atomic E-state index is 0.0663. The number of amides is 2. The molecule has 8 N–H and O–H groups in total. The number of carboxylic acids is 2. The van der Waals surface area contributed by atoms with Gasteiger partial charge in [-0.1, -0.05) is 0 Å². The predicted molar refractivity (Wildman–Crippen MR) is 113 cm³/mol. The Morgan fingerprint density at radius 2 is 1.56 bits per heavy atom. The van der Waals surface area contributed by atoms with Crippen molar-refractivity contribution in [1.29, 1.82) is 0 Å². The zero-order chi connectivity index (χ0) is 25.0. The number of aliphatic hydroxyl groups is 3. The van der Waals surface area contributed by atoms with Gasteiger partial charge in [-0.3, -0.25) is 14.4 Å². The van der Waals surface area contributed by atoms with Crippen LogP contribution in [-0.4, -0.2) is 111 Å². The summed E-state index contributed by atoms with van der Waals surface area (Å²) in [6, 6.07) is -1.85. The van der Waals surface area contributed by atoms with Crippen LogP contribution in [0.25, 0.3) is 0 Å². The van der Waals surface area contributed by atoms with Gasteiger partial charge in [0.25, 0.3) is 0 Å². The van der Waals surface area contributed by atoms with Gasteiger partial charge in [0.1, 0.15) is 24.0 Å². The molecule has 0 spiro atoms. The van der Waals surface area contributed by atoms with Gasteiger partial charge in [0.05, 0.1) is 12.0 Å². The number of carbonyl (C=O) groups excluding carboxylic acids is 3. The third-order valence-corrected chi connectivity index (χ3v) is 5.26. The monoisotopic (exact) mass is 481 g/mol. The van der Waals surface area contributed by atoms with Crippen molar-refractivity contribution in [3.63, 3.8) is 0 Å². The van der Waals surface area contributed by atoms with E-state index in [-0.39, 0.29) is 12.2 Å². The maximum atomic E-state index is 12.6. The van der Waals surface area contributed by atoms with Crippen LogP contribution in [0.5, 0.6) is 0 Å². The number of Topliss-reactive ketones (excluding diaryl/α,β-unsaturated/α-hetero) is 1. The summed E-state index contributed by atoms with van der Waals surface area (Å²) in [6.07, 6.45) is -5.43. The second-order valence-electron chi connectivity index (χ2n) is 7.08. The Morgan fingerprint density at radius 1 is 0.969 bits per heavy atom. The normalized spacial score (nSPS) is 16.7. The first-order chi connectivity index (χ1) is 14.8. The number of rotatable bonds is 16.